The van der Waals surface area contributed by atoms with Crippen LogP contribution in [-0.4, -0.2) is 18.4 Å². The predicted molar refractivity (Wildman–Crippen MR) is 112 cm³/mol. The SMILES string of the molecule is CCNCc1cccc(NC(=O)c2ccc(CNC(=O)C3CCCC3)cc2)c1. The number of anilines is 1. The van der Waals surface area contributed by atoms with Gasteiger partial charge >= 0.3 is 0 Å². The molecule has 1 aliphatic carbocycles. The number of hydrogen-bond acceptors (Lipinski definition) is 3. The van der Waals surface area contributed by atoms with E-state index in [1.54, 1.807) is 12.1 Å². The van der Waals surface area contributed by atoms with Gasteiger partial charge in [0.15, 0.2) is 0 Å². The minimum Gasteiger partial charge on any atom is -0.352 e. The van der Waals surface area contributed by atoms with Crippen LogP contribution < -0.4 is 16.0 Å². The second-order valence-electron chi connectivity index (χ2n) is 7.33. The molecule has 3 rings (SSSR count). The van der Waals surface area contributed by atoms with Crippen LogP contribution in [0.15, 0.2) is 48.5 Å². The molecular formula is C23H29N3O2. The number of benzene rings is 2. The fraction of sp³-hybridized carbons (Fsp3) is 0.391. The molecule has 2 aromatic rings. The van der Waals surface area contributed by atoms with Gasteiger partial charge in [-0.1, -0.05) is 44.0 Å². The summed E-state index contributed by atoms with van der Waals surface area (Å²) in [5.74, 6) is 0.187. The lowest BCUT2D eigenvalue weighted by Crippen LogP contribution is -2.28. The van der Waals surface area contributed by atoms with E-state index in [-0.39, 0.29) is 17.7 Å². The zero-order valence-electron chi connectivity index (χ0n) is 16.5. The van der Waals surface area contributed by atoms with E-state index in [1.807, 2.05) is 36.4 Å². The molecule has 0 radical (unpaired) electrons. The summed E-state index contributed by atoms with van der Waals surface area (Å²) in [4.78, 5) is 24.6. The molecule has 0 atom stereocenters. The number of amides is 2. The molecule has 0 bridgehead atoms. The van der Waals surface area contributed by atoms with Gasteiger partial charge in [-0.2, -0.15) is 0 Å². The van der Waals surface area contributed by atoms with Crippen LogP contribution in [0.3, 0.4) is 0 Å². The monoisotopic (exact) mass is 379 g/mol. The summed E-state index contributed by atoms with van der Waals surface area (Å²) in [6, 6.07) is 15.2. The van der Waals surface area contributed by atoms with E-state index >= 15 is 0 Å². The molecule has 0 aliphatic heterocycles. The fourth-order valence-electron chi connectivity index (χ4n) is 3.53. The molecule has 1 fully saturated rings. The number of nitrogens with one attached hydrogen (secondary N) is 3. The molecule has 0 unspecified atom stereocenters. The first-order valence-electron chi connectivity index (χ1n) is 10.1. The van der Waals surface area contributed by atoms with Gasteiger partial charge in [0.25, 0.3) is 5.91 Å². The summed E-state index contributed by atoms with van der Waals surface area (Å²) in [6.07, 6.45) is 4.31. The summed E-state index contributed by atoms with van der Waals surface area (Å²) in [5.41, 5.74) is 3.51. The lowest BCUT2D eigenvalue weighted by molar-refractivity contribution is -0.124. The Labute approximate surface area is 166 Å². The standard InChI is InChI=1S/C23H29N3O2/c1-2-24-15-18-6-5-9-21(14-18)26-23(28)20-12-10-17(11-13-20)16-25-22(27)19-7-3-4-8-19/h5-6,9-14,19,24H,2-4,7-8,15-16H2,1H3,(H,25,27)(H,26,28). The third-order valence-electron chi connectivity index (χ3n) is 5.17. The maximum absolute atomic E-state index is 12.5. The minimum atomic E-state index is -0.137. The van der Waals surface area contributed by atoms with Crippen molar-refractivity contribution in [3.8, 4) is 0 Å². The van der Waals surface area contributed by atoms with Crippen molar-refractivity contribution in [2.75, 3.05) is 11.9 Å². The van der Waals surface area contributed by atoms with Crippen LogP contribution in [0, 0.1) is 5.92 Å². The second-order valence-corrected chi connectivity index (χ2v) is 7.33. The summed E-state index contributed by atoms with van der Waals surface area (Å²) < 4.78 is 0. The van der Waals surface area contributed by atoms with Crippen LogP contribution >= 0.6 is 0 Å². The molecule has 2 aromatic carbocycles. The van der Waals surface area contributed by atoms with Crippen LogP contribution in [0.2, 0.25) is 0 Å². The van der Waals surface area contributed by atoms with Crippen molar-refractivity contribution in [1.82, 2.24) is 10.6 Å². The van der Waals surface area contributed by atoms with Gasteiger partial charge in [-0.15, -0.1) is 0 Å². The van der Waals surface area contributed by atoms with Gasteiger partial charge in [-0.05, 0) is 54.8 Å². The second kappa shape index (κ2) is 10.0. The van der Waals surface area contributed by atoms with Crippen LogP contribution in [0.4, 0.5) is 5.69 Å². The molecule has 0 spiro atoms. The van der Waals surface area contributed by atoms with Gasteiger partial charge in [0.2, 0.25) is 5.91 Å². The van der Waals surface area contributed by atoms with Gasteiger partial charge in [-0.3, -0.25) is 9.59 Å². The predicted octanol–water partition coefficient (Wildman–Crippen LogP) is 3.85. The normalized spacial score (nSPS) is 14.0. The zero-order valence-corrected chi connectivity index (χ0v) is 16.5. The van der Waals surface area contributed by atoms with Crippen molar-refractivity contribution in [2.24, 2.45) is 5.92 Å². The Morgan fingerprint density at radius 3 is 2.43 bits per heavy atom. The van der Waals surface area contributed by atoms with Gasteiger partial charge in [0.05, 0.1) is 0 Å². The van der Waals surface area contributed by atoms with Crippen molar-refractivity contribution in [2.45, 2.75) is 45.7 Å². The van der Waals surface area contributed by atoms with Crippen molar-refractivity contribution in [3.63, 3.8) is 0 Å². The Hall–Kier alpha value is -2.66. The highest BCUT2D eigenvalue weighted by Crippen LogP contribution is 2.24. The molecule has 2 amide bonds. The van der Waals surface area contributed by atoms with Crippen molar-refractivity contribution < 1.29 is 9.59 Å². The van der Waals surface area contributed by atoms with Gasteiger partial charge in [-0.25, -0.2) is 0 Å². The van der Waals surface area contributed by atoms with Gasteiger partial charge in [0, 0.05) is 30.3 Å². The average molecular weight is 380 g/mol. The number of hydrogen-bond donors (Lipinski definition) is 3. The topological polar surface area (TPSA) is 70.2 Å². The third-order valence-corrected chi connectivity index (χ3v) is 5.17. The largest absolute Gasteiger partial charge is 0.352 e. The average Bonchev–Trinajstić information content (AvgIpc) is 3.26. The number of carbonyl (C=O) groups is 2. The van der Waals surface area contributed by atoms with E-state index in [0.717, 1.165) is 55.6 Å². The van der Waals surface area contributed by atoms with Gasteiger partial charge in [0.1, 0.15) is 0 Å². The highest BCUT2D eigenvalue weighted by atomic mass is 16.2. The Kier molecular flexibility index (Phi) is 7.20. The zero-order chi connectivity index (χ0) is 19.8. The van der Waals surface area contributed by atoms with Crippen LogP contribution in [-0.2, 0) is 17.9 Å². The first-order chi connectivity index (χ1) is 13.7. The number of carbonyl (C=O) groups excluding carboxylic acids is 2. The molecule has 1 saturated carbocycles. The molecule has 0 heterocycles. The highest BCUT2D eigenvalue weighted by Gasteiger charge is 2.22. The summed E-state index contributed by atoms with van der Waals surface area (Å²) in [5, 5.41) is 9.23. The smallest absolute Gasteiger partial charge is 0.255 e. The van der Waals surface area contributed by atoms with E-state index in [1.165, 1.54) is 0 Å². The Morgan fingerprint density at radius 1 is 0.964 bits per heavy atom. The molecular weight excluding hydrogens is 350 g/mol. The fourth-order valence-corrected chi connectivity index (χ4v) is 3.53. The van der Waals surface area contributed by atoms with Crippen LogP contribution in [0.1, 0.15) is 54.1 Å². The highest BCUT2D eigenvalue weighted by molar-refractivity contribution is 6.04. The molecule has 1 aliphatic rings. The van der Waals surface area contributed by atoms with E-state index in [9.17, 15) is 9.59 Å². The van der Waals surface area contributed by atoms with Crippen molar-refractivity contribution in [1.29, 1.82) is 0 Å². The first kappa shape index (κ1) is 20.1. The minimum absolute atomic E-state index is 0.137. The molecule has 5 heteroatoms. The Bertz CT molecular complexity index is 796. The number of rotatable bonds is 8. The summed E-state index contributed by atoms with van der Waals surface area (Å²) in [7, 11) is 0. The molecule has 148 valence electrons. The third kappa shape index (κ3) is 5.67. The quantitative estimate of drug-likeness (QED) is 0.652. The molecule has 0 aromatic heterocycles. The van der Waals surface area contributed by atoms with Crippen LogP contribution in [0.25, 0.3) is 0 Å². The lowest BCUT2D eigenvalue weighted by atomic mass is 10.1. The maximum Gasteiger partial charge on any atom is 0.255 e. The van der Waals surface area contributed by atoms with E-state index < -0.39 is 0 Å². The molecule has 28 heavy (non-hydrogen) atoms. The van der Waals surface area contributed by atoms with E-state index in [2.05, 4.69) is 22.9 Å². The Balaban J connectivity index is 1.52. The van der Waals surface area contributed by atoms with E-state index in [0.29, 0.717) is 12.1 Å². The molecule has 5 nitrogen and oxygen atoms in total. The Morgan fingerprint density at radius 2 is 1.71 bits per heavy atom. The summed E-state index contributed by atoms with van der Waals surface area (Å²) >= 11 is 0. The lowest BCUT2D eigenvalue weighted by Gasteiger charge is -2.11. The van der Waals surface area contributed by atoms with Crippen molar-refractivity contribution in [3.05, 3.63) is 65.2 Å². The van der Waals surface area contributed by atoms with Crippen molar-refractivity contribution >= 4 is 17.5 Å². The molecule has 3 N–H and O–H groups in total. The summed E-state index contributed by atoms with van der Waals surface area (Å²) in [6.45, 7) is 4.25. The first-order valence-corrected chi connectivity index (χ1v) is 10.1. The molecule has 0 saturated heterocycles. The van der Waals surface area contributed by atoms with Gasteiger partial charge < -0.3 is 16.0 Å². The van der Waals surface area contributed by atoms with Crippen LogP contribution in [0.5, 0.6) is 0 Å². The maximum atomic E-state index is 12.5. The van der Waals surface area contributed by atoms with E-state index in [4.69, 9.17) is 0 Å².